The Morgan fingerprint density at radius 1 is 1.25 bits per heavy atom. The van der Waals surface area contributed by atoms with Gasteiger partial charge in [0.1, 0.15) is 12.4 Å². The molecule has 28 heavy (non-hydrogen) atoms. The summed E-state index contributed by atoms with van der Waals surface area (Å²) in [6, 6.07) is 7.71. The third-order valence-corrected chi connectivity index (χ3v) is 5.11. The Morgan fingerprint density at radius 3 is 2.64 bits per heavy atom. The predicted molar refractivity (Wildman–Crippen MR) is 109 cm³/mol. The Hall–Kier alpha value is -2.45. The maximum Gasteiger partial charge on any atom is 0.277 e. The van der Waals surface area contributed by atoms with Crippen LogP contribution in [-0.4, -0.2) is 65.1 Å². The van der Waals surface area contributed by atoms with Gasteiger partial charge in [0.2, 0.25) is 0 Å². The van der Waals surface area contributed by atoms with Crippen LogP contribution in [0, 0.1) is 0 Å². The summed E-state index contributed by atoms with van der Waals surface area (Å²) in [5.41, 5.74) is 1.04. The monoisotopic (exact) mass is 386 g/mol. The molecule has 8 heteroatoms. The first-order valence-electron chi connectivity index (χ1n) is 10.1. The number of nitrogens with zero attached hydrogens (tertiary/aromatic N) is 4. The molecular formula is C20H30N6O2. The van der Waals surface area contributed by atoms with Crippen LogP contribution in [0.15, 0.2) is 30.5 Å². The van der Waals surface area contributed by atoms with Crippen molar-refractivity contribution in [3.8, 4) is 5.75 Å². The van der Waals surface area contributed by atoms with Gasteiger partial charge in [-0.25, -0.2) is 4.68 Å². The molecule has 3 rings (SSSR count). The molecule has 0 aliphatic carbocycles. The molecule has 0 spiro atoms. The smallest absolute Gasteiger partial charge is 0.277 e. The molecule has 0 unspecified atom stereocenters. The average molecular weight is 387 g/mol. The minimum absolute atomic E-state index is 0.254. The summed E-state index contributed by atoms with van der Waals surface area (Å²) in [6.45, 7) is 9.81. The first-order valence-corrected chi connectivity index (χ1v) is 10.1. The van der Waals surface area contributed by atoms with Gasteiger partial charge in [-0.05, 0) is 63.3 Å². The van der Waals surface area contributed by atoms with Crippen LogP contribution in [0.25, 0.3) is 0 Å². The highest BCUT2D eigenvalue weighted by atomic mass is 16.5. The second-order valence-electron chi connectivity index (χ2n) is 6.92. The topological polar surface area (TPSA) is 84.3 Å². The van der Waals surface area contributed by atoms with Gasteiger partial charge in [0, 0.05) is 12.2 Å². The number of aromatic nitrogens is 3. The standard InChI is InChI=1S/C20H30N6O2/c1-3-25(4-2)13-14-28-18-7-5-16(6-8-18)22-20(27)19-15-26(24-23-19)17-9-11-21-12-10-17/h5-8,15,17,21H,3-4,9-14H2,1-2H3,(H,22,27). The van der Waals surface area contributed by atoms with Crippen molar-refractivity contribution in [2.24, 2.45) is 0 Å². The number of ether oxygens (including phenoxy) is 1. The van der Waals surface area contributed by atoms with Crippen molar-refractivity contribution >= 4 is 11.6 Å². The molecule has 0 radical (unpaired) electrons. The van der Waals surface area contributed by atoms with Gasteiger partial charge in [-0.3, -0.25) is 4.79 Å². The quantitative estimate of drug-likeness (QED) is 0.687. The van der Waals surface area contributed by atoms with E-state index in [1.165, 1.54) is 0 Å². The van der Waals surface area contributed by atoms with E-state index in [4.69, 9.17) is 4.74 Å². The molecule has 2 N–H and O–H groups in total. The van der Waals surface area contributed by atoms with E-state index in [0.29, 0.717) is 24.0 Å². The van der Waals surface area contributed by atoms with E-state index in [9.17, 15) is 4.79 Å². The molecular weight excluding hydrogens is 356 g/mol. The molecule has 1 amide bonds. The van der Waals surface area contributed by atoms with E-state index < -0.39 is 0 Å². The normalized spacial score (nSPS) is 15.0. The minimum atomic E-state index is -0.254. The first kappa shape index (κ1) is 20.3. The van der Waals surface area contributed by atoms with Gasteiger partial charge in [-0.15, -0.1) is 5.10 Å². The van der Waals surface area contributed by atoms with Crippen LogP contribution in [-0.2, 0) is 0 Å². The van der Waals surface area contributed by atoms with Gasteiger partial charge in [0.05, 0.1) is 12.2 Å². The van der Waals surface area contributed by atoms with Crippen molar-refractivity contribution in [3.63, 3.8) is 0 Å². The number of carbonyl (C=O) groups is 1. The highest BCUT2D eigenvalue weighted by Gasteiger charge is 2.18. The SMILES string of the molecule is CCN(CC)CCOc1ccc(NC(=O)c2cn(C3CCNCC3)nn2)cc1. The minimum Gasteiger partial charge on any atom is -0.492 e. The van der Waals surface area contributed by atoms with E-state index in [-0.39, 0.29) is 5.91 Å². The molecule has 1 aliphatic rings. The highest BCUT2D eigenvalue weighted by molar-refractivity contribution is 6.02. The van der Waals surface area contributed by atoms with Gasteiger partial charge in [-0.1, -0.05) is 19.1 Å². The van der Waals surface area contributed by atoms with Gasteiger partial charge < -0.3 is 20.3 Å². The summed E-state index contributed by atoms with van der Waals surface area (Å²) < 4.78 is 7.58. The number of hydrogen-bond donors (Lipinski definition) is 2. The van der Waals surface area contributed by atoms with Gasteiger partial charge >= 0.3 is 0 Å². The first-order chi connectivity index (χ1) is 13.7. The summed E-state index contributed by atoms with van der Waals surface area (Å²) in [5, 5.41) is 14.3. The molecule has 0 bridgehead atoms. The summed E-state index contributed by atoms with van der Waals surface area (Å²) >= 11 is 0. The maximum absolute atomic E-state index is 12.4. The molecule has 2 aromatic rings. The van der Waals surface area contributed by atoms with Crippen LogP contribution in [0.2, 0.25) is 0 Å². The van der Waals surface area contributed by atoms with Crippen LogP contribution in [0.5, 0.6) is 5.75 Å². The van der Waals surface area contributed by atoms with Crippen molar-refractivity contribution in [2.75, 3.05) is 44.6 Å². The Kier molecular flexibility index (Phi) is 7.39. The van der Waals surface area contributed by atoms with Gasteiger partial charge in [-0.2, -0.15) is 0 Å². The number of benzene rings is 1. The Morgan fingerprint density at radius 2 is 1.96 bits per heavy atom. The molecule has 1 aromatic heterocycles. The Labute approximate surface area is 166 Å². The third kappa shape index (κ3) is 5.53. The van der Waals surface area contributed by atoms with E-state index >= 15 is 0 Å². The molecule has 0 atom stereocenters. The summed E-state index contributed by atoms with van der Waals surface area (Å²) in [6.07, 6.45) is 3.73. The fourth-order valence-electron chi connectivity index (χ4n) is 3.29. The second-order valence-corrected chi connectivity index (χ2v) is 6.92. The number of anilines is 1. The lowest BCUT2D eigenvalue weighted by atomic mass is 10.1. The zero-order valence-corrected chi connectivity index (χ0v) is 16.7. The van der Waals surface area contributed by atoms with Crippen LogP contribution < -0.4 is 15.4 Å². The van der Waals surface area contributed by atoms with Crippen molar-refractivity contribution in [1.82, 2.24) is 25.2 Å². The fourth-order valence-corrected chi connectivity index (χ4v) is 3.29. The lowest BCUT2D eigenvalue weighted by Crippen LogP contribution is -2.29. The molecule has 8 nitrogen and oxygen atoms in total. The second kappa shape index (κ2) is 10.2. The number of rotatable bonds is 9. The predicted octanol–water partition coefficient (Wildman–Crippen LogP) is 2.18. The van der Waals surface area contributed by atoms with Crippen LogP contribution >= 0.6 is 0 Å². The van der Waals surface area contributed by atoms with Gasteiger partial charge in [0.25, 0.3) is 5.91 Å². The van der Waals surface area contributed by atoms with Gasteiger partial charge in [0.15, 0.2) is 5.69 Å². The number of hydrogen-bond acceptors (Lipinski definition) is 6. The molecule has 1 aliphatic heterocycles. The average Bonchev–Trinajstić information content (AvgIpc) is 3.24. The van der Waals surface area contributed by atoms with Crippen molar-refractivity contribution in [1.29, 1.82) is 0 Å². The zero-order valence-electron chi connectivity index (χ0n) is 16.7. The number of amides is 1. The summed E-state index contributed by atoms with van der Waals surface area (Å²) in [4.78, 5) is 14.7. The fraction of sp³-hybridized carbons (Fsp3) is 0.550. The number of piperidine rings is 1. The van der Waals surface area contributed by atoms with E-state index in [0.717, 1.165) is 51.3 Å². The zero-order chi connectivity index (χ0) is 19.8. The van der Waals surface area contributed by atoms with Crippen molar-refractivity contribution in [2.45, 2.75) is 32.7 Å². The van der Waals surface area contributed by atoms with E-state index in [1.54, 1.807) is 6.20 Å². The molecule has 1 saturated heterocycles. The van der Waals surface area contributed by atoms with Crippen molar-refractivity contribution < 1.29 is 9.53 Å². The lowest BCUT2D eigenvalue weighted by molar-refractivity contribution is 0.102. The van der Waals surface area contributed by atoms with Crippen LogP contribution in [0.1, 0.15) is 43.2 Å². The van der Waals surface area contributed by atoms with E-state index in [2.05, 4.69) is 39.7 Å². The number of likely N-dealkylation sites (N-methyl/N-ethyl adjacent to an activating group) is 1. The Bertz CT molecular complexity index is 735. The summed E-state index contributed by atoms with van der Waals surface area (Å²) in [7, 11) is 0. The highest BCUT2D eigenvalue weighted by Crippen LogP contribution is 2.18. The molecule has 1 fully saturated rings. The summed E-state index contributed by atoms with van der Waals surface area (Å²) in [5.74, 6) is 0.539. The lowest BCUT2D eigenvalue weighted by Gasteiger charge is -2.22. The van der Waals surface area contributed by atoms with Crippen LogP contribution in [0.3, 0.4) is 0 Å². The van der Waals surface area contributed by atoms with Crippen LogP contribution in [0.4, 0.5) is 5.69 Å². The maximum atomic E-state index is 12.4. The number of nitrogens with one attached hydrogen (secondary N) is 2. The van der Waals surface area contributed by atoms with E-state index in [1.807, 2.05) is 28.9 Å². The Balaban J connectivity index is 1.49. The molecule has 0 saturated carbocycles. The molecule has 2 heterocycles. The number of carbonyl (C=O) groups excluding carboxylic acids is 1. The molecule has 1 aromatic carbocycles. The molecule has 152 valence electrons. The largest absolute Gasteiger partial charge is 0.492 e. The third-order valence-electron chi connectivity index (χ3n) is 5.11. The van der Waals surface area contributed by atoms with Crippen molar-refractivity contribution in [3.05, 3.63) is 36.2 Å².